The Kier molecular flexibility index (Phi) is 2.13. The lowest BCUT2D eigenvalue weighted by Gasteiger charge is -1.98. The maximum Gasteiger partial charge on any atom is 0.163 e. The van der Waals surface area contributed by atoms with Gasteiger partial charge in [-0.3, -0.25) is 0 Å². The molecule has 0 radical (unpaired) electrons. The molecule has 1 heterocycles. The highest BCUT2D eigenvalue weighted by Crippen LogP contribution is 2.37. The van der Waals surface area contributed by atoms with E-state index in [1.54, 1.807) is 20.0 Å². The van der Waals surface area contributed by atoms with Crippen LogP contribution in [0.1, 0.15) is 0 Å². The van der Waals surface area contributed by atoms with Crippen LogP contribution in [0.4, 0.5) is 14.5 Å². The number of rotatable bonds is 0. The fourth-order valence-corrected chi connectivity index (χ4v) is 3.19. The Morgan fingerprint density at radius 1 is 0.941 bits per heavy atom. The molecule has 0 aliphatic rings. The number of anilines is 1. The topological polar surface area (TPSA) is 26.0 Å². The quantitative estimate of drug-likeness (QED) is 0.478. The van der Waals surface area contributed by atoms with Gasteiger partial charge in [0.05, 0.1) is 15.1 Å². The zero-order chi connectivity index (χ0) is 12.2. The van der Waals surface area contributed by atoms with Crippen molar-refractivity contribution in [1.29, 1.82) is 0 Å². The Hall–Kier alpha value is -1.62. The van der Waals surface area contributed by atoms with Crippen LogP contribution < -0.4 is 11.2 Å². The number of hydrogen-bond donors (Lipinski definition) is 1. The van der Waals surface area contributed by atoms with Crippen LogP contribution in [-0.4, -0.2) is 7.85 Å². The molecule has 3 aromatic rings. The van der Waals surface area contributed by atoms with Gasteiger partial charge < -0.3 is 5.73 Å². The Morgan fingerprint density at radius 2 is 1.53 bits per heavy atom. The fraction of sp³-hybridized carbons (Fsp3) is 0. The summed E-state index contributed by atoms with van der Waals surface area (Å²) in [5, 5.41) is 1.46. The zero-order valence-electron chi connectivity index (χ0n) is 9.05. The van der Waals surface area contributed by atoms with Gasteiger partial charge in [-0.2, -0.15) is 0 Å². The Balaban J connectivity index is 2.58. The van der Waals surface area contributed by atoms with Gasteiger partial charge >= 0.3 is 0 Å². The maximum absolute atomic E-state index is 13.9. The van der Waals surface area contributed by atoms with E-state index in [1.165, 1.54) is 6.07 Å². The summed E-state index contributed by atoms with van der Waals surface area (Å²) in [6.07, 6.45) is 0. The number of nitrogen functional groups attached to an aromatic ring is 1. The lowest BCUT2D eigenvalue weighted by Crippen LogP contribution is -2.06. The molecule has 1 aromatic heterocycles. The van der Waals surface area contributed by atoms with Crippen molar-refractivity contribution >= 4 is 50.5 Å². The first-order chi connectivity index (χ1) is 8.09. The summed E-state index contributed by atoms with van der Waals surface area (Å²) < 4.78 is 28.7. The van der Waals surface area contributed by atoms with Crippen LogP contribution in [0.25, 0.3) is 20.2 Å². The number of nitrogens with two attached hydrogens (primary N) is 1. The summed E-state index contributed by atoms with van der Waals surface area (Å²) in [4.78, 5) is 0. The smallest absolute Gasteiger partial charge is 0.163 e. The van der Waals surface area contributed by atoms with Crippen LogP contribution in [0.5, 0.6) is 0 Å². The fourth-order valence-electron chi connectivity index (χ4n) is 1.95. The predicted octanol–water partition coefficient (Wildman–Crippen LogP) is 2.17. The minimum Gasteiger partial charge on any atom is -0.396 e. The van der Waals surface area contributed by atoms with E-state index in [1.807, 2.05) is 6.07 Å². The predicted molar refractivity (Wildman–Crippen MR) is 71.8 cm³/mol. The van der Waals surface area contributed by atoms with Crippen molar-refractivity contribution in [3.05, 3.63) is 35.9 Å². The molecule has 0 aliphatic carbocycles. The van der Waals surface area contributed by atoms with E-state index in [9.17, 15) is 8.78 Å². The average molecular weight is 247 g/mol. The van der Waals surface area contributed by atoms with Crippen LogP contribution in [0.3, 0.4) is 0 Å². The largest absolute Gasteiger partial charge is 0.396 e. The van der Waals surface area contributed by atoms with Gasteiger partial charge in [0.15, 0.2) is 5.82 Å². The van der Waals surface area contributed by atoms with Gasteiger partial charge in [0, 0.05) is 10.8 Å². The van der Waals surface area contributed by atoms with Crippen molar-refractivity contribution in [1.82, 2.24) is 0 Å². The first-order valence-electron chi connectivity index (χ1n) is 5.15. The van der Waals surface area contributed by atoms with Gasteiger partial charge in [0.1, 0.15) is 13.7 Å². The molecule has 0 unspecified atom stereocenters. The van der Waals surface area contributed by atoms with E-state index in [0.29, 0.717) is 14.9 Å². The van der Waals surface area contributed by atoms with Crippen molar-refractivity contribution in [2.24, 2.45) is 0 Å². The molecule has 0 saturated carbocycles. The van der Waals surface area contributed by atoms with Crippen molar-refractivity contribution in [2.45, 2.75) is 0 Å². The van der Waals surface area contributed by atoms with Gasteiger partial charge in [-0.1, -0.05) is 23.7 Å². The van der Waals surface area contributed by atoms with E-state index < -0.39 is 5.82 Å². The van der Waals surface area contributed by atoms with E-state index in [2.05, 4.69) is 0 Å². The van der Waals surface area contributed by atoms with Gasteiger partial charge in [-0.25, -0.2) is 8.78 Å². The van der Waals surface area contributed by atoms with Crippen molar-refractivity contribution in [2.75, 3.05) is 5.73 Å². The third-order valence-corrected chi connectivity index (χ3v) is 4.12. The molecule has 84 valence electrons. The highest BCUT2D eigenvalue weighted by molar-refractivity contribution is 7.26. The third kappa shape index (κ3) is 1.35. The summed E-state index contributed by atoms with van der Waals surface area (Å²) in [5.41, 5.74) is 6.18. The van der Waals surface area contributed by atoms with E-state index >= 15 is 0 Å². The third-order valence-electron chi connectivity index (χ3n) is 2.91. The second-order valence-corrected chi connectivity index (χ2v) is 5.04. The molecule has 0 spiro atoms. The molecule has 2 N–H and O–H groups in total. The number of fused-ring (bicyclic) bond motifs is 3. The molecule has 5 heteroatoms. The molecule has 17 heavy (non-hydrogen) atoms. The first kappa shape index (κ1) is 10.5. The molecule has 0 atom stereocenters. The van der Waals surface area contributed by atoms with Crippen molar-refractivity contribution in [3.63, 3.8) is 0 Å². The first-order valence-corrected chi connectivity index (χ1v) is 5.96. The average Bonchev–Trinajstić information content (AvgIpc) is 2.69. The summed E-state index contributed by atoms with van der Waals surface area (Å²) in [6, 6.07) is 6.78. The Bertz CT molecular complexity index is 689. The van der Waals surface area contributed by atoms with Gasteiger partial charge in [-0.15, -0.1) is 11.3 Å². The summed E-state index contributed by atoms with van der Waals surface area (Å²) in [6.45, 7) is 0. The van der Waals surface area contributed by atoms with E-state index in [0.717, 1.165) is 22.1 Å². The molecule has 3 rings (SSSR count). The molecular weight excluding hydrogens is 239 g/mol. The van der Waals surface area contributed by atoms with Gasteiger partial charge in [-0.05, 0) is 6.07 Å². The SMILES string of the molecule is Bc1ccc2c(sc3c(F)c(N)ccc32)c1F. The van der Waals surface area contributed by atoms with Crippen LogP contribution in [0, 0.1) is 11.6 Å². The lowest BCUT2D eigenvalue weighted by atomic mass is 9.94. The molecule has 0 bridgehead atoms. The molecule has 1 nitrogen and oxygen atoms in total. The molecular formula is C12H8BF2NS. The van der Waals surface area contributed by atoms with Gasteiger partial charge in [0.25, 0.3) is 0 Å². The molecule has 2 aromatic carbocycles. The highest BCUT2D eigenvalue weighted by atomic mass is 32.1. The second-order valence-electron chi connectivity index (χ2n) is 4.02. The molecule has 0 aliphatic heterocycles. The number of thiophene rings is 1. The molecule has 0 saturated heterocycles. The standard InChI is InChI=1S/C12H8BF2NS/c13-7-3-1-5-6-2-4-8(16)10(15)12(6)17-11(5)9(7)14/h1-4H,13,16H2. The maximum atomic E-state index is 13.9. The Morgan fingerprint density at radius 3 is 2.24 bits per heavy atom. The van der Waals surface area contributed by atoms with Crippen LogP contribution >= 0.6 is 11.3 Å². The van der Waals surface area contributed by atoms with E-state index in [-0.39, 0.29) is 11.5 Å². The minimum atomic E-state index is -0.458. The van der Waals surface area contributed by atoms with Gasteiger partial charge in [0.2, 0.25) is 0 Å². The van der Waals surface area contributed by atoms with Crippen molar-refractivity contribution < 1.29 is 8.78 Å². The minimum absolute atomic E-state index is 0.0983. The number of benzene rings is 2. The number of hydrogen-bond acceptors (Lipinski definition) is 2. The normalized spacial score (nSPS) is 11.4. The second kappa shape index (κ2) is 3.44. The van der Waals surface area contributed by atoms with E-state index in [4.69, 9.17) is 5.73 Å². The summed E-state index contributed by atoms with van der Waals surface area (Å²) >= 11 is 1.11. The van der Waals surface area contributed by atoms with Crippen LogP contribution in [0.15, 0.2) is 24.3 Å². The molecule has 0 fully saturated rings. The molecule has 0 amide bonds. The summed E-state index contributed by atoms with van der Waals surface area (Å²) in [7, 11) is 1.70. The lowest BCUT2D eigenvalue weighted by molar-refractivity contribution is 0.646. The summed E-state index contributed by atoms with van der Waals surface area (Å²) in [5.74, 6) is -0.734. The van der Waals surface area contributed by atoms with Crippen molar-refractivity contribution in [3.8, 4) is 0 Å². The van der Waals surface area contributed by atoms with Crippen LogP contribution in [-0.2, 0) is 0 Å². The number of halogens is 2. The highest BCUT2D eigenvalue weighted by Gasteiger charge is 2.14. The van der Waals surface area contributed by atoms with Crippen LogP contribution in [0.2, 0.25) is 0 Å². The Labute approximate surface area is 101 Å². The zero-order valence-corrected chi connectivity index (χ0v) is 9.87. The monoisotopic (exact) mass is 247 g/mol.